The van der Waals surface area contributed by atoms with E-state index in [0.29, 0.717) is 11.6 Å². The number of halogens is 3. The molecule has 0 radical (unpaired) electrons. The molecule has 0 aromatic heterocycles. The van der Waals surface area contributed by atoms with E-state index in [0.717, 1.165) is 22.4 Å². The third-order valence-corrected chi connectivity index (χ3v) is 4.34. The number of anilines is 1. The molecule has 0 spiro atoms. The Kier molecular flexibility index (Phi) is 7.39. The molecule has 0 atom stereocenters. The first kappa shape index (κ1) is 20.2. The molecule has 0 N–H and O–H groups in total. The third kappa shape index (κ3) is 5.99. The van der Waals surface area contributed by atoms with Gasteiger partial charge in [0.1, 0.15) is 0 Å². The highest BCUT2D eigenvalue weighted by atomic mass is 35.5. The fraction of sp³-hybridized carbons (Fsp3) is 0.350. The van der Waals surface area contributed by atoms with Gasteiger partial charge in [-0.1, -0.05) is 35.9 Å². The standard InChI is InChI=1S/C20H22ClF2NO2/c1-24(13-16-6-4-3-5-15(16)11-20(25)26-2)18-10-14(7-8-19(22)23)9-17(21)12-18/h3-6,9-10,12,19H,7-8,11,13H2,1-2H3. The first-order chi connectivity index (χ1) is 12.4. The van der Waals surface area contributed by atoms with Crippen molar-refractivity contribution < 1.29 is 18.3 Å². The molecule has 0 heterocycles. The molecular formula is C20H22ClF2NO2. The van der Waals surface area contributed by atoms with E-state index in [9.17, 15) is 13.6 Å². The summed E-state index contributed by atoms with van der Waals surface area (Å²) >= 11 is 6.16. The number of carbonyl (C=O) groups excluding carboxylic acids is 1. The Bertz CT molecular complexity index is 752. The average molecular weight is 382 g/mol. The number of methoxy groups -OCH3 is 1. The molecule has 0 aliphatic carbocycles. The predicted octanol–water partition coefficient (Wildman–Crippen LogP) is 4.89. The summed E-state index contributed by atoms with van der Waals surface area (Å²) in [4.78, 5) is 13.6. The minimum atomic E-state index is -2.33. The van der Waals surface area contributed by atoms with Crippen LogP contribution in [0, 0.1) is 0 Å². The summed E-state index contributed by atoms with van der Waals surface area (Å²) in [6.45, 7) is 0.557. The van der Waals surface area contributed by atoms with Crippen LogP contribution in [-0.4, -0.2) is 26.6 Å². The number of alkyl halides is 2. The first-order valence-electron chi connectivity index (χ1n) is 8.31. The molecule has 2 aromatic rings. The zero-order chi connectivity index (χ0) is 19.1. The maximum atomic E-state index is 12.5. The molecule has 2 aromatic carbocycles. The molecular weight excluding hydrogens is 360 g/mol. The quantitative estimate of drug-likeness (QED) is 0.610. The van der Waals surface area contributed by atoms with Crippen molar-refractivity contribution in [3.8, 4) is 0 Å². The highest BCUT2D eigenvalue weighted by Crippen LogP contribution is 2.25. The predicted molar refractivity (Wildman–Crippen MR) is 100 cm³/mol. The van der Waals surface area contributed by atoms with Gasteiger partial charge >= 0.3 is 5.97 Å². The lowest BCUT2D eigenvalue weighted by Gasteiger charge is -2.22. The molecule has 26 heavy (non-hydrogen) atoms. The van der Waals surface area contributed by atoms with Crippen LogP contribution in [0.25, 0.3) is 0 Å². The minimum absolute atomic E-state index is 0.189. The van der Waals surface area contributed by atoms with E-state index in [4.69, 9.17) is 16.3 Å². The van der Waals surface area contributed by atoms with Crippen LogP contribution in [0.4, 0.5) is 14.5 Å². The van der Waals surface area contributed by atoms with Gasteiger partial charge in [-0.3, -0.25) is 4.79 Å². The lowest BCUT2D eigenvalue weighted by atomic mass is 10.0. The average Bonchev–Trinajstić information content (AvgIpc) is 2.61. The van der Waals surface area contributed by atoms with Crippen LogP contribution in [0.3, 0.4) is 0 Å². The third-order valence-electron chi connectivity index (χ3n) is 4.12. The Morgan fingerprint density at radius 3 is 2.54 bits per heavy atom. The number of hydrogen-bond donors (Lipinski definition) is 0. The van der Waals surface area contributed by atoms with E-state index < -0.39 is 6.43 Å². The molecule has 140 valence electrons. The molecule has 0 aliphatic heterocycles. The molecule has 0 aliphatic rings. The van der Waals surface area contributed by atoms with Gasteiger partial charge in [-0.25, -0.2) is 8.78 Å². The zero-order valence-corrected chi connectivity index (χ0v) is 15.6. The van der Waals surface area contributed by atoms with Gasteiger partial charge < -0.3 is 9.64 Å². The van der Waals surface area contributed by atoms with E-state index in [2.05, 4.69) is 0 Å². The Balaban J connectivity index is 2.17. The van der Waals surface area contributed by atoms with Gasteiger partial charge in [0.25, 0.3) is 0 Å². The van der Waals surface area contributed by atoms with Crippen LogP contribution in [0.1, 0.15) is 23.1 Å². The molecule has 0 bridgehead atoms. The van der Waals surface area contributed by atoms with Gasteiger partial charge in [0.2, 0.25) is 6.43 Å². The van der Waals surface area contributed by atoms with Gasteiger partial charge in [-0.15, -0.1) is 0 Å². The molecule has 0 saturated carbocycles. The number of carbonyl (C=O) groups is 1. The van der Waals surface area contributed by atoms with Crippen molar-refractivity contribution in [3.05, 3.63) is 64.2 Å². The van der Waals surface area contributed by atoms with E-state index in [1.165, 1.54) is 7.11 Å². The Hall–Kier alpha value is -2.14. The minimum Gasteiger partial charge on any atom is -0.469 e. The fourth-order valence-electron chi connectivity index (χ4n) is 2.73. The van der Waals surface area contributed by atoms with Crippen molar-refractivity contribution in [2.24, 2.45) is 0 Å². The molecule has 0 fully saturated rings. The fourth-order valence-corrected chi connectivity index (χ4v) is 2.98. The van der Waals surface area contributed by atoms with Crippen molar-refractivity contribution in [3.63, 3.8) is 0 Å². The van der Waals surface area contributed by atoms with E-state index in [1.807, 2.05) is 42.3 Å². The SMILES string of the molecule is COC(=O)Cc1ccccc1CN(C)c1cc(Cl)cc(CCC(F)F)c1. The van der Waals surface area contributed by atoms with Crippen LogP contribution in [-0.2, 0) is 28.9 Å². The van der Waals surface area contributed by atoms with Crippen molar-refractivity contribution >= 4 is 23.3 Å². The van der Waals surface area contributed by atoms with E-state index in [1.54, 1.807) is 12.1 Å². The normalized spacial score (nSPS) is 10.8. The Labute approximate surface area is 157 Å². The maximum Gasteiger partial charge on any atom is 0.309 e. The summed E-state index contributed by atoms with van der Waals surface area (Å²) in [6.07, 6.45) is -2.04. The number of benzene rings is 2. The molecule has 0 saturated heterocycles. The highest BCUT2D eigenvalue weighted by Gasteiger charge is 2.12. The smallest absolute Gasteiger partial charge is 0.309 e. The van der Waals surface area contributed by atoms with Crippen LogP contribution < -0.4 is 4.90 Å². The lowest BCUT2D eigenvalue weighted by Crippen LogP contribution is -2.18. The maximum absolute atomic E-state index is 12.5. The van der Waals surface area contributed by atoms with Gasteiger partial charge in [-0.05, 0) is 41.3 Å². The summed E-state index contributed by atoms with van der Waals surface area (Å²) in [5.74, 6) is -0.294. The van der Waals surface area contributed by atoms with Crippen molar-refractivity contribution in [1.82, 2.24) is 0 Å². The van der Waals surface area contributed by atoms with Crippen molar-refractivity contribution in [2.75, 3.05) is 19.1 Å². The van der Waals surface area contributed by atoms with E-state index in [-0.39, 0.29) is 25.2 Å². The Morgan fingerprint density at radius 2 is 1.88 bits per heavy atom. The summed E-state index contributed by atoms with van der Waals surface area (Å²) in [5.41, 5.74) is 3.51. The topological polar surface area (TPSA) is 29.5 Å². The second kappa shape index (κ2) is 9.53. The molecule has 3 nitrogen and oxygen atoms in total. The lowest BCUT2D eigenvalue weighted by molar-refractivity contribution is -0.139. The summed E-state index contributed by atoms with van der Waals surface area (Å²) in [5, 5.41) is 0.515. The van der Waals surface area contributed by atoms with Crippen LogP contribution in [0.5, 0.6) is 0 Å². The zero-order valence-electron chi connectivity index (χ0n) is 14.8. The summed E-state index contributed by atoms with van der Waals surface area (Å²) in [6, 6.07) is 13.0. The number of rotatable bonds is 8. The molecule has 0 amide bonds. The van der Waals surface area contributed by atoms with E-state index >= 15 is 0 Å². The molecule has 6 heteroatoms. The second-order valence-corrected chi connectivity index (χ2v) is 6.56. The van der Waals surface area contributed by atoms with Crippen molar-refractivity contribution in [2.45, 2.75) is 32.2 Å². The van der Waals surface area contributed by atoms with Crippen LogP contribution in [0.15, 0.2) is 42.5 Å². The number of nitrogens with zero attached hydrogens (tertiary/aromatic N) is 1. The number of ether oxygens (including phenoxy) is 1. The van der Waals surface area contributed by atoms with Crippen molar-refractivity contribution in [1.29, 1.82) is 0 Å². The molecule has 2 rings (SSSR count). The summed E-state index contributed by atoms with van der Waals surface area (Å²) < 4.78 is 29.7. The number of esters is 1. The number of aryl methyl sites for hydroxylation is 1. The summed E-state index contributed by atoms with van der Waals surface area (Å²) in [7, 11) is 3.27. The van der Waals surface area contributed by atoms with Gasteiger partial charge in [-0.2, -0.15) is 0 Å². The largest absolute Gasteiger partial charge is 0.469 e. The monoisotopic (exact) mass is 381 g/mol. The Morgan fingerprint density at radius 1 is 1.19 bits per heavy atom. The van der Waals surface area contributed by atoms with Crippen LogP contribution in [0.2, 0.25) is 5.02 Å². The van der Waals surface area contributed by atoms with Crippen LogP contribution >= 0.6 is 11.6 Å². The van der Waals surface area contributed by atoms with Gasteiger partial charge in [0, 0.05) is 30.7 Å². The highest BCUT2D eigenvalue weighted by molar-refractivity contribution is 6.30. The van der Waals surface area contributed by atoms with Gasteiger partial charge in [0.05, 0.1) is 13.5 Å². The number of hydrogen-bond acceptors (Lipinski definition) is 3. The first-order valence-corrected chi connectivity index (χ1v) is 8.69. The molecule has 0 unspecified atom stereocenters. The second-order valence-electron chi connectivity index (χ2n) is 6.13. The van der Waals surface area contributed by atoms with Gasteiger partial charge in [0.15, 0.2) is 0 Å².